The van der Waals surface area contributed by atoms with Crippen LogP contribution in [0, 0.1) is 5.92 Å². The van der Waals surface area contributed by atoms with E-state index in [1.165, 1.54) is 21.6 Å². The Hall–Kier alpha value is 0.810. The average Bonchev–Trinajstić information content (AvgIpc) is 1.83. The van der Waals surface area contributed by atoms with Crippen LogP contribution < -0.4 is 0 Å². The summed E-state index contributed by atoms with van der Waals surface area (Å²) in [5, 5.41) is 0. The molecule has 0 aliphatic carbocycles. The van der Waals surface area contributed by atoms with Gasteiger partial charge in [-0.25, -0.2) is 4.57 Å². The van der Waals surface area contributed by atoms with Crippen molar-refractivity contribution >= 4 is 29.4 Å². The zero-order chi connectivity index (χ0) is 9.78. The lowest BCUT2D eigenvalue weighted by atomic mass is 10.2. The van der Waals surface area contributed by atoms with E-state index in [0.717, 1.165) is 0 Å². The van der Waals surface area contributed by atoms with E-state index in [1.807, 2.05) is 20.1 Å². The van der Waals surface area contributed by atoms with E-state index in [2.05, 4.69) is 4.52 Å². The number of rotatable bonds is 5. The minimum Gasteiger partial charge on any atom is -0.303 e. The van der Waals surface area contributed by atoms with Crippen molar-refractivity contribution in [3.05, 3.63) is 0 Å². The van der Waals surface area contributed by atoms with Crippen LogP contribution in [0.5, 0.6) is 0 Å². The molecule has 0 rings (SSSR count). The molecule has 0 amide bonds. The maximum Gasteiger partial charge on any atom is 0.470 e. The highest BCUT2D eigenvalue weighted by Gasteiger charge is 2.24. The van der Waals surface area contributed by atoms with E-state index >= 15 is 0 Å². The Morgan fingerprint density at radius 1 is 1.42 bits per heavy atom. The van der Waals surface area contributed by atoms with Crippen LogP contribution in [0.1, 0.15) is 13.8 Å². The minimum absolute atomic E-state index is 0.0788. The van der Waals surface area contributed by atoms with Crippen LogP contribution in [0.4, 0.5) is 0 Å². The van der Waals surface area contributed by atoms with Gasteiger partial charge in [0.05, 0.1) is 0 Å². The first-order valence-electron chi connectivity index (χ1n) is 3.30. The van der Waals surface area contributed by atoms with Crippen molar-refractivity contribution in [2.75, 3.05) is 6.26 Å². The second-order valence-electron chi connectivity index (χ2n) is 2.47. The van der Waals surface area contributed by atoms with Crippen molar-refractivity contribution < 1.29 is 18.9 Å². The monoisotopic (exact) mass is 232 g/mol. The highest BCUT2D eigenvalue weighted by Crippen LogP contribution is 2.44. The van der Waals surface area contributed by atoms with Crippen LogP contribution >= 0.6 is 29.4 Å². The van der Waals surface area contributed by atoms with Crippen LogP contribution in [-0.4, -0.2) is 21.5 Å². The zero-order valence-corrected chi connectivity index (χ0v) is 9.66. The standard InChI is InChI=1S/C5H13O4PS2/c1-4(2)5(12-11-3)9-10(6,7)8/h4-5H,1-3H3,(H2,6,7,8)/t5-/m1/s1. The first-order valence-corrected chi connectivity index (χ1v) is 7.45. The normalized spacial score (nSPS) is 15.2. The van der Waals surface area contributed by atoms with Gasteiger partial charge in [0.1, 0.15) is 5.44 Å². The van der Waals surface area contributed by atoms with Gasteiger partial charge >= 0.3 is 7.82 Å². The summed E-state index contributed by atoms with van der Waals surface area (Å²) in [6.45, 7) is 3.70. The molecule has 74 valence electrons. The molecule has 0 saturated heterocycles. The highest BCUT2D eigenvalue weighted by molar-refractivity contribution is 8.76. The van der Waals surface area contributed by atoms with Gasteiger partial charge in [-0.3, -0.25) is 4.52 Å². The molecular formula is C5H13O4PS2. The fourth-order valence-electron chi connectivity index (χ4n) is 0.481. The van der Waals surface area contributed by atoms with Gasteiger partial charge in [0.2, 0.25) is 0 Å². The van der Waals surface area contributed by atoms with Crippen LogP contribution in [0.2, 0.25) is 0 Å². The van der Waals surface area contributed by atoms with Gasteiger partial charge in [0, 0.05) is 0 Å². The van der Waals surface area contributed by atoms with E-state index in [1.54, 1.807) is 0 Å². The van der Waals surface area contributed by atoms with Gasteiger partial charge in [-0.05, 0) is 12.2 Å². The third-order valence-electron chi connectivity index (χ3n) is 0.977. The van der Waals surface area contributed by atoms with E-state index in [0.29, 0.717) is 0 Å². The summed E-state index contributed by atoms with van der Waals surface area (Å²) < 4.78 is 15.0. The zero-order valence-electron chi connectivity index (χ0n) is 7.13. The minimum atomic E-state index is -4.34. The lowest BCUT2D eigenvalue weighted by molar-refractivity contribution is 0.157. The predicted molar refractivity (Wildman–Crippen MR) is 52.9 cm³/mol. The van der Waals surface area contributed by atoms with Crippen LogP contribution in [-0.2, 0) is 9.09 Å². The molecule has 0 spiro atoms. The highest BCUT2D eigenvalue weighted by atomic mass is 33.1. The molecule has 7 heteroatoms. The summed E-state index contributed by atoms with van der Waals surface area (Å²) in [5.41, 5.74) is -0.458. The number of phosphoric ester groups is 1. The van der Waals surface area contributed by atoms with E-state index in [4.69, 9.17) is 9.79 Å². The van der Waals surface area contributed by atoms with Gasteiger partial charge in [-0.15, -0.1) is 0 Å². The smallest absolute Gasteiger partial charge is 0.303 e. The lowest BCUT2D eigenvalue weighted by Gasteiger charge is -2.19. The van der Waals surface area contributed by atoms with E-state index in [-0.39, 0.29) is 5.92 Å². The maximum absolute atomic E-state index is 10.5. The Kier molecular flexibility index (Phi) is 5.89. The SMILES string of the molecule is CSS[C@@H](OP(=O)(O)O)C(C)C. The van der Waals surface area contributed by atoms with Crippen molar-refractivity contribution in [1.29, 1.82) is 0 Å². The molecule has 0 aromatic heterocycles. The molecule has 0 aliphatic heterocycles. The van der Waals surface area contributed by atoms with E-state index < -0.39 is 13.3 Å². The molecule has 0 heterocycles. The van der Waals surface area contributed by atoms with Gasteiger partial charge < -0.3 is 9.79 Å². The molecule has 4 nitrogen and oxygen atoms in total. The predicted octanol–water partition coefficient (Wildman–Crippen LogP) is 2.09. The Bertz CT molecular complexity index is 169. The summed E-state index contributed by atoms with van der Waals surface area (Å²) in [7, 11) is -1.60. The summed E-state index contributed by atoms with van der Waals surface area (Å²) in [6.07, 6.45) is 1.84. The fraction of sp³-hybridized carbons (Fsp3) is 1.00. The molecule has 0 radical (unpaired) electrons. The Morgan fingerprint density at radius 3 is 2.17 bits per heavy atom. The topological polar surface area (TPSA) is 66.8 Å². The molecule has 0 bridgehead atoms. The van der Waals surface area contributed by atoms with Gasteiger partial charge in [0.15, 0.2) is 0 Å². The second-order valence-corrected chi connectivity index (χ2v) is 6.23. The average molecular weight is 232 g/mol. The summed E-state index contributed by atoms with van der Waals surface area (Å²) in [5.74, 6) is 0.0788. The quantitative estimate of drug-likeness (QED) is 0.430. The van der Waals surface area contributed by atoms with Crippen molar-refractivity contribution in [2.24, 2.45) is 5.92 Å². The summed E-state index contributed by atoms with van der Waals surface area (Å²) in [4.78, 5) is 17.1. The molecule has 0 aliphatic rings. The Balaban J connectivity index is 4.05. The largest absolute Gasteiger partial charge is 0.470 e. The van der Waals surface area contributed by atoms with Crippen molar-refractivity contribution in [3.63, 3.8) is 0 Å². The van der Waals surface area contributed by atoms with Gasteiger partial charge in [0.25, 0.3) is 0 Å². The summed E-state index contributed by atoms with van der Waals surface area (Å²) in [6, 6.07) is 0. The molecule has 0 aromatic rings. The Morgan fingerprint density at radius 2 is 1.92 bits per heavy atom. The Labute approximate surface area is 80.1 Å². The van der Waals surface area contributed by atoms with Gasteiger partial charge in [-0.1, -0.05) is 35.4 Å². The van der Waals surface area contributed by atoms with Crippen LogP contribution in [0.15, 0.2) is 0 Å². The second kappa shape index (κ2) is 5.52. The number of phosphoric acid groups is 1. The first kappa shape index (κ1) is 12.8. The van der Waals surface area contributed by atoms with Crippen molar-refractivity contribution in [2.45, 2.75) is 19.3 Å². The molecule has 2 N–H and O–H groups in total. The number of hydrogen-bond acceptors (Lipinski definition) is 4. The van der Waals surface area contributed by atoms with Crippen molar-refractivity contribution in [3.8, 4) is 0 Å². The molecule has 0 unspecified atom stereocenters. The first-order chi connectivity index (χ1) is 5.37. The summed E-state index contributed by atoms with van der Waals surface area (Å²) >= 11 is 0. The fourth-order valence-corrected chi connectivity index (χ4v) is 3.44. The molecule has 0 saturated carbocycles. The molecule has 1 atom stereocenters. The van der Waals surface area contributed by atoms with Crippen LogP contribution in [0.25, 0.3) is 0 Å². The molecule has 0 fully saturated rings. The third-order valence-corrected chi connectivity index (χ3v) is 3.79. The van der Waals surface area contributed by atoms with Gasteiger partial charge in [-0.2, -0.15) is 0 Å². The van der Waals surface area contributed by atoms with E-state index in [9.17, 15) is 4.57 Å². The lowest BCUT2D eigenvalue weighted by Crippen LogP contribution is -2.12. The number of hydrogen-bond donors (Lipinski definition) is 2. The third kappa shape index (κ3) is 6.34. The van der Waals surface area contributed by atoms with Crippen LogP contribution in [0.3, 0.4) is 0 Å². The van der Waals surface area contributed by atoms with Crippen molar-refractivity contribution in [1.82, 2.24) is 0 Å². The molecular weight excluding hydrogens is 219 g/mol. The molecule has 12 heavy (non-hydrogen) atoms. The maximum atomic E-state index is 10.5. The molecule has 0 aromatic carbocycles.